The highest BCUT2D eigenvalue weighted by Crippen LogP contribution is 2.16. The topological polar surface area (TPSA) is 59.5 Å². The highest BCUT2D eigenvalue weighted by Gasteiger charge is 2.22. The molecule has 5 heteroatoms. The first kappa shape index (κ1) is 14.7. The lowest BCUT2D eigenvalue weighted by molar-refractivity contribution is 0.0709. The van der Waals surface area contributed by atoms with Crippen LogP contribution in [0.1, 0.15) is 43.3 Å². The number of thiocarbonyl (C=S) groups is 1. The van der Waals surface area contributed by atoms with Crippen LogP contribution in [-0.2, 0) is 6.42 Å². The van der Waals surface area contributed by atoms with Gasteiger partial charge in [-0.25, -0.2) is 0 Å². The van der Waals surface area contributed by atoms with Crippen molar-refractivity contribution in [3.05, 3.63) is 23.7 Å². The second-order valence-electron chi connectivity index (χ2n) is 4.42. The molecule has 0 unspecified atom stereocenters. The quantitative estimate of drug-likeness (QED) is 0.805. The molecule has 2 N–H and O–H groups in total. The minimum Gasteiger partial charge on any atom is -0.469 e. The van der Waals surface area contributed by atoms with Crippen molar-refractivity contribution in [2.24, 2.45) is 5.73 Å². The summed E-state index contributed by atoms with van der Waals surface area (Å²) in [6.07, 6.45) is 2.80. The molecule has 0 aliphatic rings. The molecule has 4 nitrogen and oxygen atoms in total. The first-order chi connectivity index (χ1) is 8.47. The Labute approximate surface area is 113 Å². The second-order valence-corrected chi connectivity index (χ2v) is 4.94. The largest absolute Gasteiger partial charge is 0.469 e. The van der Waals surface area contributed by atoms with Crippen molar-refractivity contribution in [3.63, 3.8) is 0 Å². The van der Waals surface area contributed by atoms with Gasteiger partial charge < -0.3 is 15.1 Å². The van der Waals surface area contributed by atoms with Crippen molar-refractivity contribution < 1.29 is 9.21 Å². The number of nitrogens with two attached hydrogens (primary N) is 1. The van der Waals surface area contributed by atoms with Gasteiger partial charge in [-0.05, 0) is 19.9 Å². The van der Waals surface area contributed by atoms with Crippen molar-refractivity contribution in [2.45, 2.75) is 39.7 Å². The van der Waals surface area contributed by atoms with Gasteiger partial charge in [0.1, 0.15) is 5.76 Å². The molecule has 1 aromatic rings. The summed E-state index contributed by atoms with van der Waals surface area (Å²) in [7, 11) is 0. The number of amides is 1. The van der Waals surface area contributed by atoms with Crippen LogP contribution in [0.2, 0.25) is 0 Å². The third-order valence-corrected chi connectivity index (χ3v) is 2.98. The van der Waals surface area contributed by atoms with Crippen LogP contribution >= 0.6 is 12.2 Å². The van der Waals surface area contributed by atoms with Gasteiger partial charge in [-0.1, -0.05) is 19.1 Å². The van der Waals surface area contributed by atoms with E-state index in [1.165, 1.54) is 0 Å². The summed E-state index contributed by atoms with van der Waals surface area (Å²) < 4.78 is 5.29. The van der Waals surface area contributed by atoms with Crippen molar-refractivity contribution in [2.75, 3.05) is 6.54 Å². The average molecular weight is 268 g/mol. The van der Waals surface area contributed by atoms with Crippen LogP contribution in [0.15, 0.2) is 16.7 Å². The van der Waals surface area contributed by atoms with Crippen LogP contribution in [-0.4, -0.2) is 28.4 Å². The van der Waals surface area contributed by atoms with E-state index in [1.54, 1.807) is 17.2 Å². The molecule has 0 spiro atoms. The Morgan fingerprint density at radius 1 is 1.56 bits per heavy atom. The Morgan fingerprint density at radius 2 is 2.22 bits per heavy atom. The molecule has 0 aliphatic carbocycles. The van der Waals surface area contributed by atoms with E-state index in [2.05, 4.69) is 0 Å². The molecular weight excluding hydrogens is 248 g/mol. The summed E-state index contributed by atoms with van der Waals surface area (Å²) in [6.45, 7) is 6.46. The second kappa shape index (κ2) is 6.54. The van der Waals surface area contributed by atoms with E-state index in [9.17, 15) is 4.79 Å². The van der Waals surface area contributed by atoms with Crippen LogP contribution in [0.4, 0.5) is 0 Å². The molecule has 0 aliphatic heterocycles. The highest BCUT2D eigenvalue weighted by atomic mass is 32.1. The molecule has 0 fully saturated rings. The molecule has 0 atom stereocenters. The van der Waals surface area contributed by atoms with Crippen molar-refractivity contribution in [1.82, 2.24) is 4.90 Å². The predicted molar refractivity (Wildman–Crippen MR) is 75.7 cm³/mol. The zero-order valence-corrected chi connectivity index (χ0v) is 11.9. The molecule has 1 heterocycles. The normalized spacial score (nSPS) is 10.7. The summed E-state index contributed by atoms with van der Waals surface area (Å²) in [5.74, 6) is 0.702. The van der Waals surface area contributed by atoms with Gasteiger partial charge in [0.2, 0.25) is 0 Å². The first-order valence-corrected chi connectivity index (χ1v) is 6.53. The number of rotatable bonds is 6. The van der Waals surface area contributed by atoms with E-state index in [1.807, 2.05) is 20.8 Å². The third kappa shape index (κ3) is 3.57. The zero-order chi connectivity index (χ0) is 13.7. The molecule has 0 radical (unpaired) electrons. The molecule has 0 aromatic carbocycles. The lowest BCUT2D eigenvalue weighted by Crippen LogP contribution is -2.39. The Morgan fingerprint density at radius 3 is 2.72 bits per heavy atom. The van der Waals surface area contributed by atoms with Gasteiger partial charge in [-0.2, -0.15) is 0 Å². The summed E-state index contributed by atoms with van der Waals surface area (Å²) in [4.78, 5) is 14.6. The zero-order valence-electron chi connectivity index (χ0n) is 11.1. The lowest BCUT2D eigenvalue weighted by atomic mass is 10.1. The molecule has 0 saturated carbocycles. The van der Waals surface area contributed by atoms with Crippen LogP contribution < -0.4 is 5.73 Å². The fourth-order valence-corrected chi connectivity index (χ4v) is 1.88. The van der Waals surface area contributed by atoms with Crippen molar-refractivity contribution >= 4 is 23.1 Å². The predicted octanol–water partition coefficient (Wildman–Crippen LogP) is 2.37. The number of hydrogen-bond donors (Lipinski definition) is 1. The van der Waals surface area contributed by atoms with Gasteiger partial charge >= 0.3 is 0 Å². The first-order valence-electron chi connectivity index (χ1n) is 6.13. The van der Waals surface area contributed by atoms with E-state index >= 15 is 0 Å². The van der Waals surface area contributed by atoms with E-state index in [-0.39, 0.29) is 11.9 Å². The van der Waals surface area contributed by atoms with Crippen molar-refractivity contribution in [1.29, 1.82) is 0 Å². The van der Waals surface area contributed by atoms with Gasteiger partial charge in [-0.15, -0.1) is 0 Å². The lowest BCUT2D eigenvalue weighted by Gasteiger charge is -2.26. The van der Waals surface area contributed by atoms with Crippen LogP contribution in [0, 0.1) is 0 Å². The Bertz CT molecular complexity index is 426. The van der Waals surface area contributed by atoms with Crippen LogP contribution in [0.25, 0.3) is 0 Å². The molecule has 100 valence electrons. The van der Waals surface area contributed by atoms with Gasteiger partial charge in [0, 0.05) is 25.4 Å². The fourth-order valence-electron chi connectivity index (χ4n) is 1.78. The summed E-state index contributed by atoms with van der Waals surface area (Å²) in [6, 6.07) is 1.82. The number of hydrogen-bond acceptors (Lipinski definition) is 3. The van der Waals surface area contributed by atoms with Gasteiger partial charge in [0.25, 0.3) is 5.91 Å². The third-order valence-electron chi connectivity index (χ3n) is 2.78. The van der Waals surface area contributed by atoms with Crippen LogP contribution in [0.5, 0.6) is 0 Å². The van der Waals surface area contributed by atoms with Gasteiger partial charge in [0.15, 0.2) is 0 Å². The molecule has 0 saturated heterocycles. The number of furan rings is 1. The summed E-state index contributed by atoms with van der Waals surface area (Å²) in [5.41, 5.74) is 6.12. The Hall–Kier alpha value is -1.36. The number of aryl methyl sites for hydroxylation is 1. The minimum atomic E-state index is -0.0214. The van der Waals surface area contributed by atoms with Gasteiger partial charge in [0.05, 0.1) is 16.8 Å². The Balaban J connectivity index is 2.86. The van der Waals surface area contributed by atoms with Crippen LogP contribution in [0.3, 0.4) is 0 Å². The van der Waals surface area contributed by atoms with Crippen molar-refractivity contribution in [3.8, 4) is 0 Å². The minimum absolute atomic E-state index is 0.0214. The molecule has 1 aromatic heterocycles. The molecule has 0 bridgehead atoms. The smallest absolute Gasteiger partial charge is 0.257 e. The molecule has 18 heavy (non-hydrogen) atoms. The fraction of sp³-hybridized carbons (Fsp3) is 0.538. The summed E-state index contributed by atoms with van der Waals surface area (Å²) >= 11 is 4.86. The van der Waals surface area contributed by atoms with E-state index in [0.717, 1.165) is 5.76 Å². The SMILES string of the molecule is CCc1occc1C(=O)N(CCC(N)=S)C(C)C. The maximum atomic E-state index is 12.4. The molecular formula is C13H20N2O2S. The standard InChI is InChI=1S/C13H20N2O2S/c1-4-11-10(6-8-17-11)13(16)15(9(2)3)7-5-12(14)18/h6,8-9H,4-5,7H2,1-3H3,(H2,14,18). The number of carbonyl (C=O) groups is 1. The molecule has 1 rings (SSSR count). The molecule has 1 amide bonds. The maximum absolute atomic E-state index is 12.4. The monoisotopic (exact) mass is 268 g/mol. The number of nitrogens with zero attached hydrogens (tertiary/aromatic N) is 1. The number of carbonyl (C=O) groups excluding carboxylic acids is 1. The Kier molecular flexibility index (Phi) is 5.34. The average Bonchev–Trinajstić information content (AvgIpc) is 2.75. The maximum Gasteiger partial charge on any atom is 0.257 e. The van der Waals surface area contributed by atoms with E-state index < -0.39 is 0 Å². The summed E-state index contributed by atoms with van der Waals surface area (Å²) in [5, 5.41) is 0. The highest BCUT2D eigenvalue weighted by molar-refractivity contribution is 7.80. The van der Waals surface area contributed by atoms with Gasteiger partial charge in [-0.3, -0.25) is 4.79 Å². The van der Waals surface area contributed by atoms with E-state index in [0.29, 0.717) is 29.9 Å². The van der Waals surface area contributed by atoms with E-state index in [4.69, 9.17) is 22.4 Å².